The van der Waals surface area contributed by atoms with E-state index in [1.54, 1.807) is 43.0 Å². The Labute approximate surface area is 153 Å². The molecule has 0 aliphatic heterocycles. The molecule has 0 saturated heterocycles. The highest BCUT2D eigenvalue weighted by Crippen LogP contribution is 2.24. The van der Waals surface area contributed by atoms with Gasteiger partial charge in [-0.3, -0.25) is 14.4 Å². The predicted octanol–water partition coefficient (Wildman–Crippen LogP) is 2.00. The molecular weight excluding hydrogens is 340 g/mol. The highest BCUT2D eigenvalue weighted by Gasteiger charge is 2.20. The fourth-order valence-electron chi connectivity index (χ4n) is 1.92. The van der Waals surface area contributed by atoms with Gasteiger partial charge in [0.15, 0.2) is 0 Å². The summed E-state index contributed by atoms with van der Waals surface area (Å²) < 4.78 is 4.67. The van der Waals surface area contributed by atoms with E-state index in [4.69, 9.17) is 4.74 Å². The first-order valence-corrected chi connectivity index (χ1v) is 9.22. The van der Waals surface area contributed by atoms with Crippen LogP contribution in [0.15, 0.2) is 30.3 Å². The molecule has 0 unspecified atom stereocenters. The van der Waals surface area contributed by atoms with Crippen LogP contribution in [-0.2, 0) is 14.3 Å². The molecule has 0 bridgehead atoms. The zero-order valence-corrected chi connectivity index (χ0v) is 15.8. The fourth-order valence-corrected chi connectivity index (χ4v) is 2.92. The third-order valence-corrected chi connectivity index (χ3v) is 4.60. The van der Waals surface area contributed by atoms with E-state index < -0.39 is 0 Å². The molecule has 2 N–H and O–H groups in total. The van der Waals surface area contributed by atoms with E-state index in [1.807, 2.05) is 19.9 Å². The molecule has 0 aliphatic carbocycles. The molecule has 0 spiro atoms. The van der Waals surface area contributed by atoms with Crippen molar-refractivity contribution in [2.45, 2.75) is 31.9 Å². The zero-order valence-electron chi connectivity index (χ0n) is 15.0. The van der Waals surface area contributed by atoms with E-state index in [1.165, 1.54) is 0 Å². The van der Waals surface area contributed by atoms with Gasteiger partial charge < -0.3 is 15.4 Å². The van der Waals surface area contributed by atoms with Gasteiger partial charge in [-0.1, -0.05) is 18.2 Å². The Kier molecular flexibility index (Phi) is 9.05. The Morgan fingerprint density at radius 2 is 1.80 bits per heavy atom. The van der Waals surface area contributed by atoms with Crippen molar-refractivity contribution >= 4 is 29.5 Å². The van der Waals surface area contributed by atoms with Gasteiger partial charge >= 0.3 is 5.97 Å². The summed E-state index contributed by atoms with van der Waals surface area (Å²) in [7, 11) is 0. The van der Waals surface area contributed by atoms with Crippen molar-refractivity contribution in [2.24, 2.45) is 0 Å². The van der Waals surface area contributed by atoms with Gasteiger partial charge in [-0.2, -0.15) is 11.8 Å². The van der Waals surface area contributed by atoms with E-state index in [9.17, 15) is 14.4 Å². The molecule has 0 saturated carbocycles. The molecule has 0 atom stereocenters. The van der Waals surface area contributed by atoms with Crippen LogP contribution in [-0.4, -0.2) is 48.0 Å². The number of hydrogen-bond acceptors (Lipinski definition) is 5. The smallest absolute Gasteiger partial charge is 0.306 e. The van der Waals surface area contributed by atoms with E-state index in [0.29, 0.717) is 30.9 Å². The van der Waals surface area contributed by atoms with Crippen LogP contribution >= 0.6 is 11.8 Å². The molecule has 2 amide bonds. The van der Waals surface area contributed by atoms with Crippen LogP contribution in [0.4, 0.5) is 0 Å². The lowest BCUT2D eigenvalue weighted by molar-refractivity contribution is -0.142. The molecule has 0 radical (unpaired) electrons. The number of rotatable bonds is 10. The Hall–Kier alpha value is -2.02. The normalized spacial score (nSPS) is 10.8. The van der Waals surface area contributed by atoms with Crippen molar-refractivity contribution in [2.75, 3.05) is 25.4 Å². The summed E-state index contributed by atoms with van der Waals surface area (Å²) in [4.78, 5) is 35.1. The number of carbonyl (C=O) groups excluding carboxylic acids is 3. The number of nitrogens with one attached hydrogen (secondary N) is 2. The van der Waals surface area contributed by atoms with Crippen molar-refractivity contribution in [3.05, 3.63) is 35.9 Å². The van der Waals surface area contributed by atoms with Crippen molar-refractivity contribution in [3.8, 4) is 0 Å². The van der Waals surface area contributed by atoms with Gasteiger partial charge in [0.2, 0.25) is 5.91 Å². The summed E-state index contributed by atoms with van der Waals surface area (Å²) in [6, 6.07) is 8.74. The minimum atomic E-state index is -0.279. The van der Waals surface area contributed by atoms with E-state index in [0.717, 1.165) is 0 Å². The van der Waals surface area contributed by atoms with Gasteiger partial charge in [0.05, 0.1) is 19.6 Å². The second-order valence-corrected chi connectivity index (χ2v) is 7.79. The summed E-state index contributed by atoms with van der Waals surface area (Å²) in [6.45, 7) is 6.52. The highest BCUT2D eigenvalue weighted by atomic mass is 32.2. The minimum absolute atomic E-state index is 0.0721. The number of benzene rings is 1. The summed E-state index contributed by atoms with van der Waals surface area (Å²) in [5, 5.41) is 5.39. The molecule has 0 fully saturated rings. The first-order valence-electron chi connectivity index (χ1n) is 8.23. The van der Waals surface area contributed by atoms with Crippen molar-refractivity contribution < 1.29 is 19.1 Å². The van der Waals surface area contributed by atoms with E-state index in [2.05, 4.69) is 10.6 Å². The summed E-state index contributed by atoms with van der Waals surface area (Å²) in [5.41, 5.74) is 0.519. The van der Waals surface area contributed by atoms with Crippen LogP contribution in [0.5, 0.6) is 0 Å². The quantitative estimate of drug-likeness (QED) is 0.619. The summed E-state index contributed by atoms with van der Waals surface area (Å²) in [5.74, 6) is -0.104. The SMILES string of the molecule is CCOC(=O)CCSC(C)(C)CNC(=O)CNC(=O)c1ccccc1. The molecule has 1 aromatic carbocycles. The van der Waals surface area contributed by atoms with E-state index in [-0.39, 0.29) is 29.1 Å². The van der Waals surface area contributed by atoms with Crippen molar-refractivity contribution in [1.82, 2.24) is 10.6 Å². The van der Waals surface area contributed by atoms with Gasteiger partial charge in [-0.25, -0.2) is 0 Å². The van der Waals surface area contributed by atoms with Gasteiger partial charge in [0.25, 0.3) is 5.91 Å². The number of carbonyl (C=O) groups is 3. The molecule has 0 aliphatic rings. The fraction of sp³-hybridized carbons (Fsp3) is 0.500. The Balaban J connectivity index is 2.25. The van der Waals surface area contributed by atoms with E-state index >= 15 is 0 Å². The van der Waals surface area contributed by atoms with Crippen LogP contribution in [0, 0.1) is 0 Å². The summed E-state index contributed by atoms with van der Waals surface area (Å²) in [6.07, 6.45) is 0.350. The van der Waals surface area contributed by atoms with Crippen molar-refractivity contribution in [3.63, 3.8) is 0 Å². The monoisotopic (exact) mass is 366 g/mol. The molecule has 0 aromatic heterocycles. The average Bonchev–Trinajstić information content (AvgIpc) is 2.59. The second-order valence-electron chi connectivity index (χ2n) is 5.99. The van der Waals surface area contributed by atoms with Crippen molar-refractivity contribution in [1.29, 1.82) is 0 Å². The standard InChI is InChI=1S/C18H26N2O4S/c1-4-24-16(22)10-11-25-18(2,3)13-20-15(21)12-19-17(23)14-8-6-5-7-9-14/h5-9H,4,10-13H2,1-3H3,(H,19,23)(H,20,21). The number of hydrogen-bond donors (Lipinski definition) is 2. The highest BCUT2D eigenvalue weighted by molar-refractivity contribution is 8.00. The predicted molar refractivity (Wildman–Crippen MR) is 99.6 cm³/mol. The van der Waals surface area contributed by atoms with Crippen LogP contribution in [0.25, 0.3) is 0 Å². The molecule has 0 heterocycles. The first-order chi connectivity index (χ1) is 11.8. The molecule has 138 valence electrons. The third-order valence-electron chi connectivity index (χ3n) is 3.26. The van der Waals surface area contributed by atoms with Gasteiger partial charge in [0, 0.05) is 22.6 Å². The molecule has 6 nitrogen and oxygen atoms in total. The van der Waals surface area contributed by atoms with Gasteiger partial charge in [0.1, 0.15) is 0 Å². The molecule has 7 heteroatoms. The average molecular weight is 366 g/mol. The van der Waals surface area contributed by atoms with Gasteiger partial charge in [-0.05, 0) is 32.9 Å². The third kappa shape index (κ3) is 9.14. The Morgan fingerprint density at radius 3 is 2.44 bits per heavy atom. The summed E-state index contributed by atoms with van der Waals surface area (Å²) >= 11 is 1.59. The molecule has 25 heavy (non-hydrogen) atoms. The van der Waals surface area contributed by atoms with Crippen LogP contribution < -0.4 is 10.6 Å². The first kappa shape index (κ1) is 21.0. The van der Waals surface area contributed by atoms with Crippen LogP contribution in [0.3, 0.4) is 0 Å². The van der Waals surface area contributed by atoms with Crippen LogP contribution in [0.2, 0.25) is 0 Å². The number of amides is 2. The Morgan fingerprint density at radius 1 is 1.12 bits per heavy atom. The number of thioether (sulfide) groups is 1. The number of ether oxygens (including phenoxy) is 1. The zero-order chi connectivity index (χ0) is 18.7. The topological polar surface area (TPSA) is 84.5 Å². The number of esters is 1. The maximum Gasteiger partial charge on any atom is 0.306 e. The van der Waals surface area contributed by atoms with Crippen LogP contribution in [0.1, 0.15) is 37.6 Å². The second kappa shape index (κ2) is 10.8. The molecule has 1 rings (SSSR count). The Bertz CT molecular complexity index is 576. The maximum absolute atomic E-state index is 11.9. The molecule has 1 aromatic rings. The lowest BCUT2D eigenvalue weighted by Gasteiger charge is -2.24. The molecular formula is C18H26N2O4S. The maximum atomic E-state index is 11.9. The minimum Gasteiger partial charge on any atom is -0.466 e. The largest absolute Gasteiger partial charge is 0.466 e. The lowest BCUT2D eigenvalue weighted by atomic mass is 10.2. The van der Waals surface area contributed by atoms with Gasteiger partial charge in [-0.15, -0.1) is 0 Å². The lowest BCUT2D eigenvalue weighted by Crippen LogP contribution is -2.42.